The van der Waals surface area contributed by atoms with Gasteiger partial charge in [-0.1, -0.05) is 55.3 Å². The SMILES string of the molecule is CCCCCn1c(SCC(=O)OCC)nc2cc(C(=O)NCc3cccc(Cl)c3)ccc2c1=O. The Balaban J connectivity index is 1.87. The predicted molar refractivity (Wildman–Crippen MR) is 136 cm³/mol. The summed E-state index contributed by atoms with van der Waals surface area (Å²) in [6, 6.07) is 12.1. The Kier molecular flexibility index (Phi) is 9.53. The number of benzene rings is 2. The number of carbonyl (C=O) groups is 2. The van der Waals surface area contributed by atoms with Crippen molar-refractivity contribution in [3.63, 3.8) is 0 Å². The van der Waals surface area contributed by atoms with Crippen molar-refractivity contribution >= 4 is 46.1 Å². The average molecular weight is 502 g/mol. The molecule has 0 fully saturated rings. The quantitative estimate of drug-likeness (QED) is 0.175. The van der Waals surface area contributed by atoms with E-state index >= 15 is 0 Å². The first-order valence-electron chi connectivity index (χ1n) is 11.3. The molecule has 7 nitrogen and oxygen atoms in total. The van der Waals surface area contributed by atoms with E-state index in [2.05, 4.69) is 17.2 Å². The Bertz CT molecular complexity index is 1230. The molecule has 1 N–H and O–H groups in total. The van der Waals surface area contributed by atoms with E-state index in [1.165, 1.54) is 11.8 Å². The van der Waals surface area contributed by atoms with Crippen molar-refractivity contribution in [3.8, 4) is 0 Å². The van der Waals surface area contributed by atoms with Gasteiger partial charge in [-0.2, -0.15) is 0 Å². The number of ether oxygens (including phenoxy) is 1. The lowest BCUT2D eigenvalue weighted by atomic mass is 10.1. The zero-order valence-electron chi connectivity index (χ0n) is 19.3. The van der Waals surface area contributed by atoms with E-state index in [1.54, 1.807) is 41.8 Å². The fourth-order valence-electron chi connectivity index (χ4n) is 3.43. The molecule has 180 valence electrons. The third kappa shape index (κ3) is 6.84. The van der Waals surface area contributed by atoms with Crippen LogP contribution in [0.25, 0.3) is 10.9 Å². The summed E-state index contributed by atoms with van der Waals surface area (Å²) in [4.78, 5) is 42.5. The molecule has 0 bridgehead atoms. The summed E-state index contributed by atoms with van der Waals surface area (Å²) < 4.78 is 6.62. The van der Waals surface area contributed by atoms with Gasteiger partial charge in [0.05, 0.1) is 23.3 Å². The summed E-state index contributed by atoms with van der Waals surface area (Å²) in [6.07, 6.45) is 2.84. The number of hydrogen-bond donors (Lipinski definition) is 1. The Morgan fingerprint density at radius 3 is 2.71 bits per heavy atom. The van der Waals surface area contributed by atoms with Gasteiger partial charge in [0, 0.05) is 23.7 Å². The van der Waals surface area contributed by atoms with E-state index in [9.17, 15) is 14.4 Å². The van der Waals surface area contributed by atoms with Crippen LogP contribution in [0.1, 0.15) is 49.0 Å². The van der Waals surface area contributed by atoms with Crippen LogP contribution in [-0.2, 0) is 22.6 Å². The van der Waals surface area contributed by atoms with Crippen LogP contribution in [0.4, 0.5) is 0 Å². The van der Waals surface area contributed by atoms with Gasteiger partial charge >= 0.3 is 5.97 Å². The van der Waals surface area contributed by atoms with E-state index in [-0.39, 0.29) is 23.2 Å². The van der Waals surface area contributed by atoms with Crippen molar-refractivity contribution in [2.45, 2.75) is 51.4 Å². The molecule has 0 saturated carbocycles. The highest BCUT2D eigenvalue weighted by Crippen LogP contribution is 2.20. The fourth-order valence-corrected chi connectivity index (χ4v) is 4.46. The molecular formula is C25H28ClN3O4S. The lowest BCUT2D eigenvalue weighted by Gasteiger charge is -2.13. The van der Waals surface area contributed by atoms with Crippen molar-refractivity contribution in [2.75, 3.05) is 12.4 Å². The first kappa shape index (κ1) is 25.8. The summed E-state index contributed by atoms with van der Waals surface area (Å²) in [6.45, 7) is 4.97. The molecule has 0 aliphatic rings. The van der Waals surface area contributed by atoms with E-state index in [1.807, 2.05) is 12.1 Å². The summed E-state index contributed by atoms with van der Waals surface area (Å²) >= 11 is 7.17. The highest BCUT2D eigenvalue weighted by molar-refractivity contribution is 7.99. The molecule has 1 aromatic heterocycles. The Hall–Kier alpha value is -2.84. The highest BCUT2D eigenvalue weighted by atomic mass is 35.5. The maximum atomic E-state index is 13.2. The van der Waals surface area contributed by atoms with Crippen molar-refractivity contribution in [3.05, 3.63) is 69.0 Å². The largest absolute Gasteiger partial charge is 0.465 e. The van der Waals surface area contributed by atoms with Crippen molar-refractivity contribution < 1.29 is 14.3 Å². The number of fused-ring (bicyclic) bond motifs is 1. The molecule has 3 aromatic rings. The second-order valence-corrected chi connectivity index (χ2v) is 9.08. The Labute approximate surface area is 207 Å². The number of aromatic nitrogens is 2. The summed E-state index contributed by atoms with van der Waals surface area (Å²) in [5, 5.41) is 4.34. The molecule has 0 spiro atoms. The molecule has 1 amide bonds. The van der Waals surface area contributed by atoms with Gasteiger partial charge in [-0.3, -0.25) is 19.0 Å². The molecule has 0 unspecified atom stereocenters. The topological polar surface area (TPSA) is 90.3 Å². The van der Waals surface area contributed by atoms with Gasteiger partial charge in [-0.15, -0.1) is 0 Å². The van der Waals surface area contributed by atoms with Crippen LogP contribution in [0.3, 0.4) is 0 Å². The Morgan fingerprint density at radius 2 is 1.97 bits per heavy atom. The molecule has 34 heavy (non-hydrogen) atoms. The molecule has 9 heteroatoms. The zero-order chi connectivity index (χ0) is 24.5. The van der Waals surface area contributed by atoms with Crippen LogP contribution in [0.15, 0.2) is 52.4 Å². The molecule has 0 aliphatic heterocycles. The first-order chi connectivity index (χ1) is 16.4. The minimum atomic E-state index is -0.365. The van der Waals surface area contributed by atoms with Crippen molar-refractivity contribution in [1.82, 2.24) is 14.9 Å². The molecule has 0 radical (unpaired) electrons. The van der Waals surface area contributed by atoms with Gasteiger partial charge < -0.3 is 10.1 Å². The van der Waals surface area contributed by atoms with Crippen LogP contribution in [0.5, 0.6) is 0 Å². The number of halogens is 1. The normalized spacial score (nSPS) is 10.9. The molecule has 3 rings (SSSR count). The van der Waals surface area contributed by atoms with Crippen LogP contribution < -0.4 is 10.9 Å². The van der Waals surface area contributed by atoms with E-state index in [0.717, 1.165) is 24.8 Å². The molecular weight excluding hydrogens is 474 g/mol. The van der Waals surface area contributed by atoms with Gasteiger partial charge in [0.25, 0.3) is 11.5 Å². The minimum absolute atomic E-state index is 0.0549. The van der Waals surface area contributed by atoms with Crippen LogP contribution in [-0.4, -0.2) is 33.8 Å². The first-order valence-corrected chi connectivity index (χ1v) is 12.6. The van der Waals surface area contributed by atoms with Gasteiger partial charge in [0.2, 0.25) is 0 Å². The van der Waals surface area contributed by atoms with Gasteiger partial charge in [-0.05, 0) is 49.2 Å². The van der Waals surface area contributed by atoms with Crippen molar-refractivity contribution in [2.24, 2.45) is 0 Å². The monoisotopic (exact) mass is 501 g/mol. The highest BCUT2D eigenvalue weighted by Gasteiger charge is 2.15. The van der Waals surface area contributed by atoms with E-state index < -0.39 is 0 Å². The Morgan fingerprint density at radius 1 is 1.15 bits per heavy atom. The number of hydrogen-bond acceptors (Lipinski definition) is 6. The summed E-state index contributed by atoms with van der Waals surface area (Å²) in [5.74, 6) is -0.591. The molecule has 2 aromatic carbocycles. The van der Waals surface area contributed by atoms with Crippen LogP contribution in [0.2, 0.25) is 5.02 Å². The maximum Gasteiger partial charge on any atom is 0.316 e. The fraction of sp³-hybridized carbons (Fsp3) is 0.360. The third-order valence-electron chi connectivity index (χ3n) is 5.13. The predicted octanol–water partition coefficient (Wildman–Crippen LogP) is 4.83. The summed E-state index contributed by atoms with van der Waals surface area (Å²) in [7, 11) is 0. The molecule has 0 aliphatic carbocycles. The van der Waals surface area contributed by atoms with Gasteiger partial charge in [0.1, 0.15) is 0 Å². The molecule has 0 atom stereocenters. The number of unbranched alkanes of at least 4 members (excludes halogenated alkanes) is 2. The van der Waals surface area contributed by atoms with Gasteiger partial charge in [-0.25, -0.2) is 4.98 Å². The van der Waals surface area contributed by atoms with Crippen molar-refractivity contribution in [1.29, 1.82) is 0 Å². The zero-order valence-corrected chi connectivity index (χ0v) is 20.9. The standard InChI is InChI=1S/C25H28ClN3O4S/c1-3-5-6-12-29-24(32)20-11-10-18(23(31)27-15-17-8-7-9-19(26)13-17)14-21(20)28-25(29)34-16-22(30)33-4-2/h7-11,13-14H,3-6,12,15-16H2,1-2H3,(H,27,31). The molecule has 1 heterocycles. The number of rotatable bonds is 11. The number of thioether (sulfide) groups is 1. The van der Waals surface area contributed by atoms with Crippen LogP contribution in [0, 0.1) is 0 Å². The smallest absolute Gasteiger partial charge is 0.316 e. The lowest BCUT2D eigenvalue weighted by molar-refractivity contribution is -0.139. The second kappa shape index (κ2) is 12.6. The van der Waals surface area contributed by atoms with Gasteiger partial charge in [0.15, 0.2) is 5.16 Å². The van der Waals surface area contributed by atoms with E-state index in [0.29, 0.717) is 46.3 Å². The molecule has 0 saturated heterocycles. The number of esters is 1. The minimum Gasteiger partial charge on any atom is -0.465 e. The second-order valence-electron chi connectivity index (χ2n) is 7.70. The van der Waals surface area contributed by atoms with E-state index in [4.69, 9.17) is 16.3 Å². The maximum absolute atomic E-state index is 13.2. The summed E-state index contributed by atoms with van der Waals surface area (Å²) in [5.41, 5.74) is 1.51. The average Bonchev–Trinajstić information content (AvgIpc) is 2.82. The number of nitrogens with one attached hydrogen (secondary N) is 1. The van der Waals surface area contributed by atoms with Crippen LogP contribution >= 0.6 is 23.4 Å². The number of amides is 1. The number of nitrogens with zero attached hydrogens (tertiary/aromatic N) is 2. The lowest BCUT2D eigenvalue weighted by Crippen LogP contribution is -2.25. The number of carbonyl (C=O) groups excluding carboxylic acids is 2. The third-order valence-corrected chi connectivity index (χ3v) is 6.32.